The van der Waals surface area contributed by atoms with E-state index in [-0.39, 0.29) is 29.1 Å². The van der Waals surface area contributed by atoms with Gasteiger partial charge < -0.3 is 19.5 Å². The van der Waals surface area contributed by atoms with Gasteiger partial charge in [0.2, 0.25) is 5.91 Å². The minimum Gasteiger partial charge on any atom is -0.465 e. The van der Waals surface area contributed by atoms with E-state index >= 15 is 0 Å². The van der Waals surface area contributed by atoms with E-state index in [1.54, 1.807) is 47.8 Å². The van der Waals surface area contributed by atoms with Crippen LogP contribution in [-0.4, -0.2) is 71.8 Å². The molecule has 8 nitrogen and oxygen atoms in total. The minimum absolute atomic E-state index is 0.0828. The molecule has 1 aliphatic heterocycles. The lowest BCUT2D eigenvalue weighted by molar-refractivity contribution is -0.132. The topological polar surface area (TPSA) is 99.9 Å². The number of aromatic nitrogens is 1. The van der Waals surface area contributed by atoms with E-state index in [1.165, 1.54) is 4.90 Å². The van der Waals surface area contributed by atoms with E-state index in [2.05, 4.69) is 0 Å². The predicted molar refractivity (Wildman–Crippen MR) is 110 cm³/mol. The van der Waals surface area contributed by atoms with Gasteiger partial charge in [-0.05, 0) is 37.1 Å². The smallest absolute Gasteiger partial charge is 0.407 e. The lowest BCUT2D eigenvalue weighted by atomic mass is 10.0. The molecule has 0 saturated carbocycles. The van der Waals surface area contributed by atoms with Gasteiger partial charge in [-0.25, -0.2) is 13.2 Å². The number of amides is 2. The molecule has 2 heterocycles. The second kappa shape index (κ2) is 8.23. The SMILES string of the molecule is CN(C(=O)CCS(=O)(=O)c1cc2cc(Cl)ccc2n1C)C1CCN(C(=O)O)CC1. The first-order valence-corrected chi connectivity index (χ1v) is 11.3. The molecule has 0 bridgehead atoms. The highest BCUT2D eigenvalue weighted by Crippen LogP contribution is 2.26. The average molecular weight is 442 g/mol. The second-order valence-corrected chi connectivity index (χ2v) is 9.81. The molecule has 0 spiro atoms. The first kappa shape index (κ1) is 21.4. The third-order valence-electron chi connectivity index (χ3n) is 5.54. The quantitative estimate of drug-likeness (QED) is 0.768. The average Bonchev–Trinajstić information content (AvgIpc) is 3.02. The van der Waals surface area contributed by atoms with Gasteiger partial charge in [0.05, 0.1) is 5.75 Å². The number of likely N-dealkylation sites (tertiary alicyclic amines) is 1. The number of carbonyl (C=O) groups is 2. The van der Waals surface area contributed by atoms with Crippen molar-refractivity contribution in [2.24, 2.45) is 7.05 Å². The third kappa shape index (κ3) is 4.51. The summed E-state index contributed by atoms with van der Waals surface area (Å²) in [5.41, 5.74) is 0.751. The summed E-state index contributed by atoms with van der Waals surface area (Å²) in [4.78, 5) is 26.4. The minimum atomic E-state index is -3.66. The maximum absolute atomic E-state index is 12.8. The summed E-state index contributed by atoms with van der Waals surface area (Å²) in [7, 11) is -0.337. The van der Waals surface area contributed by atoms with Crippen LogP contribution < -0.4 is 0 Å². The monoisotopic (exact) mass is 441 g/mol. The number of nitrogens with zero attached hydrogens (tertiary/aromatic N) is 3. The molecule has 1 aromatic carbocycles. The molecule has 1 fully saturated rings. The third-order valence-corrected chi connectivity index (χ3v) is 7.55. The van der Waals surface area contributed by atoms with E-state index in [4.69, 9.17) is 16.7 Å². The number of carbonyl (C=O) groups excluding carboxylic acids is 1. The van der Waals surface area contributed by atoms with Crippen LogP contribution in [0, 0.1) is 0 Å². The molecule has 0 aliphatic carbocycles. The van der Waals surface area contributed by atoms with E-state index in [0.29, 0.717) is 31.0 Å². The fraction of sp³-hybridized carbons (Fsp3) is 0.474. The van der Waals surface area contributed by atoms with Crippen LogP contribution in [0.5, 0.6) is 0 Å². The lowest BCUT2D eigenvalue weighted by Crippen LogP contribution is -2.47. The highest BCUT2D eigenvalue weighted by molar-refractivity contribution is 7.91. The molecule has 1 aromatic heterocycles. The Balaban J connectivity index is 1.65. The van der Waals surface area contributed by atoms with Crippen molar-refractivity contribution in [3.8, 4) is 0 Å². The zero-order chi connectivity index (χ0) is 21.3. The fourth-order valence-corrected chi connectivity index (χ4v) is 5.40. The van der Waals surface area contributed by atoms with Crippen molar-refractivity contribution >= 4 is 44.3 Å². The molecule has 2 amide bonds. The number of rotatable bonds is 5. The molecular weight excluding hydrogens is 418 g/mol. The van der Waals surface area contributed by atoms with Crippen LogP contribution in [0.4, 0.5) is 4.79 Å². The first-order chi connectivity index (χ1) is 13.6. The molecular formula is C19H24ClN3O5S. The number of hydrogen-bond donors (Lipinski definition) is 1. The Hall–Kier alpha value is -2.26. The molecule has 0 radical (unpaired) electrons. The number of hydrogen-bond acceptors (Lipinski definition) is 4. The fourth-order valence-electron chi connectivity index (χ4n) is 3.74. The number of sulfone groups is 1. The van der Waals surface area contributed by atoms with Gasteiger partial charge in [0.25, 0.3) is 0 Å². The van der Waals surface area contributed by atoms with Crippen LogP contribution in [0.25, 0.3) is 10.9 Å². The molecule has 1 N–H and O–H groups in total. The Kier molecular flexibility index (Phi) is 6.09. The van der Waals surface area contributed by atoms with Crippen molar-refractivity contribution in [3.05, 3.63) is 29.3 Å². The Morgan fingerprint density at radius 1 is 1.24 bits per heavy atom. The van der Waals surface area contributed by atoms with Gasteiger partial charge >= 0.3 is 6.09 Å². The standard InChI is InChI=1S/C19H24ClN3O5S/c1-21(15-5-8-23(9-6-15)19(25)26)17(24)7-10-29(27,28)18-12-13-11-14(20)3-4-16(13)22(18)2/h3-4,11-12,15H,5-10H2,1-2H3,(H,25,26). The normalized spacial score (nSPS) is 15.6. The van der Waals surface area contributed by atoms with Gasteiger partial charge in [0.15, 0.2) is 9.84 Å². The van der Waals surface area contributed by atoms with Gasteiger partial charge in [0.1, 0.15) is 5.03 Å². The molecule has 158 valence electrons. The van der Waals surface area contributed by atoms with Gasteiger partial charge in [-0.3, -0.25) is 4.79 Å². The predicted octanol–water partition coefficient (Wildman–Crippen LogP) is 2.60. The molecule has 0 unspecified atom stereocenters. The zero-order valence-electron chi connectivity index (χ0n) is 16.3. The van der Waals surface area contributed by atoms with Gasteiger partial charge in [-0.1, -0.05) is 11.6 Å². The molecule has 3 rings (SSSR count). The van der Waals surface area contributed by atoms with Gasteiger partial charge in [-0.2, -0.15) is 0 Å². The molecule has 10 heteroatoms. The van der Waals surface area contributed by atoms with Gasteiger partial charge in [-0.15, -0.1) is 0 Å². The molecule has 29 heavy (non-hydrogen) atoms. The van der Waals surface area contributed by atoms with Crippen LogP contribution in [-0.2, 0) is 21.7 Å². The Morgan fingerprint density at radius 2 is 1.90 bits per heavy atom. The number of aryl methyl sites for hydroxylation is 1. The van der Waals surface area contributed by atoms with Crippen molar-refractivity contribution in [3.63, 3.8) is 0 Å². The summed E-state index contributed by atoms with van der Waals surface area (Å²) in [5, 5.41) is 10.4. The number of piperidine rings is 1. The molecule has 0 atom stereocenters. The van der Waals surface area contributed by atoms with Crippen molar-refractivity contribution in [2.45, 2.75) is 30.3 Å². The maximum atomic E-state index is 12.8. The highest BCUT2D eigenvalue weighted by Gasteiger charge is 2.28. The van der Waals surface area contributed by atoms with Gasteiger partial charge in [0, 0.05) is 55.6 Å². The highest BCUT2D eigenvalue weighted by atomic mass is 35.5. The van der Waals surface area contributed by atoms with E-state index in [1.807, 2.05) is 0 Å². The van der Waals surface area contributed by atoms with Crippen molar-refractivity contribution in [1.29, 1.82) is 0 Å². The summed E-state index contributed by atoms with van der Waals surface area (Å²) in [6.45, 7) is 0.739. The number of halogens is 1. The molecule has 2 aromatic rings. The number of carboxylic acid groups (broad SMARTS) is 1. The number of fused-ring (bicyclic) bond motifs is 1. The van der Waals surface area contributed by atoms with E-state index in [0.717, 1.165) is 10.9 Å². The Labute approximate surface area is 174 Å². The van der Waals surface area contributed by atoms with Crippen molar-refractivity contribution < 1.29 is 23.1 Å². The molecule has 1 saturated heterocycles. The summed E-state index contributed by atoms with van der Waals surface area (Å²) in [5.74, 6) is -0.550. The number of benzene rings is 1. The van der Waals surface area contributed by atoms with Crippen LogP contribution in [0.2, 0.25) is 5.02 Å². The van der Waals surface area contributed by atoms with Crippen LogP contribution >= 0.6 is 11.6 Å². The lowest BCUT2D eigenvalue weighted by Gasteiger charge is -2.35. The summed E-state index contributed by atoms with van der Waals surface area (Å²) >= 11 is 5.99. The summed E-state index contributed by atoms with van der Waals surface area (Å²) in [6.07, 6.45) is 0.0105. The Morgan fingerprint density at radius 3 is 2.52 bits per heavy atom. The molecule has 1 aliphatic rings. The first-order valence-electron chi connectivity index (χ1n) is 9.31. The summed E-state index contributed by atoms with van der Waals surface area (Å²) < 4.78 is 27.3. The largest absolute Gasteiger partial charge is 0.465 e. The Bertz CT molecular complexity index is 1040. The van der Waals surface area contributed by atoms with E-state index in [9.17, 15) is 18.0 Å². The van der Waals surface area contributed by atoms with E-state index < -0.39 is 15.9 Å². The zero-order valence-corrected chi connectivity index (χ0v) is 17.9. The summed E-state index contributed by atoms with van der Waals surface area (Å²) in [6, 6.07) is 6.67. The van der Waals surface area contributed by atoms with Crippen molar-refractivity contribution in [2.75, 3.05) is 25.9 Å². The van der Waals surface area contributed by atoms with Crippen LogP contribution in [0.15, 0.2) is 29.3 Å². The van der Waals surface area contributed by atoms with Crippen molar-refractivity contribution in [1.82, 2.24) is 14.4 Å². The second-order valence-electron chi connectivity index (χ2n) is 7.32. The van der Waals surface area contributed by atoms with Crippen LogP contribution in [0.1, 0.15) is 19.3 Å². The maximum Gasteiger partial charge on any atom is 0.407 e. The van der Waals surface area contributed by atoms with Crippen LogP contribution in [0.3, 0.4) is 0 Å².